The summed E-state index contributed by atoms with van der Waals surface area (Å²) in [4.78, 5) is 0. The van der Waals surface area contributed by atoms with Gasteiger partial charge in [0.15, 0.2) is 0 Å². The van der Waals surface area contributed by atoms with Crippen LogP contribution in [0.5, 0.6) is 0 Å². The maximum Gasteiger partial charge on any atom is 0.0255 e. The molecule has 0 radical (unpaired) electrons. The van der Waals surface area contributed by atoms with Gasteiger partial charge in [0, 0.05) is 5.25 Å². The van der Waals surface area contributed by atoms with Crippen molar-refractivity contribution < 1.29 is 0 Å². The van der Waals surface area contributed by atoms with Crippen molar-refractivity contribution in [2.45, 2.75) is 32.4 Å². The summed E-state index contributed by atoms with van der Waals surface area (Å²) in [6.07, 6.45) is 5.95. The van der Waals surface area contributed by atoms with Crippen molar-refractivity contribution >= 4 is 11.8 Å². The molecule has 1 heteroatoms. The second-order valence-corrected chi connectivity index (χ2v) is 4.77. The van der Waals surface area contributed by atoms with E-state index in [0.717, 1.165) is 17.1 Å². The van der Waals surface area contributed by atoms with Crippen molar-refractivity contribution in [1.29, 1.82) is 0 Å². The minimum atomic E-state index is 0.763. The molecule has 0 aliphatic heterocycles. The molecule has 1 rings (SSSR count). The van der Waals surface area contributed by atoms with Gasteiger partial charge in [-0.05, 0) is 31.4 Å². The van der Waals surface area contributed by atoms with E-state index in [4.69, 9.17) is 0 Å². The average molecular weight is 170 g/mol. The largest absolute Gasteiger partial charge is 0.158 e. The molecule has 3 atom stereocenters. The van der Waals surface area contributed by atoms with Crippen LogP contribution in [0.1, 0.15) is 27.2 Å². The van der Waals surface area contributed by atoms with Crippen molar-refractivity contribution in [3.63, 3.8) is 0 Å². The monoisotopic (exact) mass is 170 g/mol. The third-order valence-electron chi connectivity index (χ3n) is 2.78. The van der Waals surface area contributed by atoms with E-state index < -0.39 is 0 Å². The van der Waals surface area contributed by atoms with Gasteiger partial charge in [-0.15, -0.1) is 0 Å². The summed E-state index contributed by atoms with van der Waals surface area (Å²) in [6.45, 7) is 6.99. The SMILES string of the molecule is CSC1C=C(C)CC(C)C1C. The molecular weight excluding hydrogens is 152 g/mol. The third-order valence-corrected chi connectivity index (χ3v) is 3.89. The van der Waals surface area contributed by atoms with Crippen molar-refractivity contribution in [2.24, 2.45) is 11.8 Å². The first-order chi connectivity index (χ1) is 5.15. The molecule has 0 saturated heterocycles. The number of hydrogen-bond donors (Lipinski definition) is 0. The Morgan fingerprint density at radius 2 is 2.09 bits per heavy atom. The highest BCUT2D eigenvalue weighted by molar-refractivity contribution is 7.99. The zero-order chi connectivity index (χ0) is 8.43. The van der Waals surface area contributed by atoms with E-state index in [-0.39, 0.29) is 0 Å². The predicted molar refractivity (Wildman–Crippen MR) is 54.0 cm³/mol. The molecule has 0 aromatic heterocycles. The topological polar surface area (TPSA) is 0 Å². The lowest BCUT2D eigenvalue weighted by molar-refractivity contribution is 0.377. The van der Waals surface area contributed by atoms with Gasteiger partial charge in [0.25, 0.3) is 0 Å². The minimum absolute atomic E-state index is 0.763. The van der Waals surface area contributed by atoms with Crippen molar-refractivity contribution in [3.05, 3.63) is 11.6 Å². The molecule has 1 aliphatic carbocycles. The summed E-state index contributed by atoms with van der Waals surface area (Å²) in [6, 6.07) is 0. The van der Waals surface area contributed by atoms with Crippen LogP contribution in [0.15, 0.2) is 11.6 Å². The van der Waals surface area contributed by atoms with E-state index >= 15 is 0 Å². The highest BCUT2D eigenvalue weighted by atomic mass is 32.2. The summed E-state index contributed by atoms with van der Waals surface area (Å²) in [5.74, 6) is 1.73. The van der Waals surface area contributed by atoms with Gasteiger partial charge in [0.1, 0.15) is 0 Å². The Balaban J connectivity index is 2.70. The number of allylic oxidation sites excluding steroid dienone is 1. The highest BCUT2D eigenvalue weighted by Crippen LogP contribution is 2.34. The number of hydrogen-bond acceptors (Lipinski definition) is 1. The van der Waals surface area contributed by atoms with Crippen LogP contribution >= 0.6 is 11.8 Å². The molecule has 3 unspecified atom stereocenters. The number of thioether (sulfide) groups is 1. The lowest BCUT2D eigenvalue weighted by atomic mass is 9.82. The highest BCUT2D eigenvalue weighted by Gasteiger charge is 2.24. The van der Waals surface area contributed by atoms with Gasteiger partial charge in [-0.2, -0.15) is 11.8 Å². The molecule has 0 aromatic carbocycles. The lowest BCUT2D eigenvalue weighted by Gasteiger charge is -2.31. The molecule has 0 saturated carbocycles. The van der Waals surface area contributed by atoms with Crippen LogP contribution in [0, 0.1) is 11.8 Å². The van der Waals surface area contributed by atoms with Crippen molar-refractivity contribution in [3.8, 4) is 0 Å². The van der Waals surface area contributed by atoms with Crippen LogP contribution in [0.25, 0.3) is 0 Å². The maximum absolute atomic E-state index is 2.44. The first-order valence-corrected chi connectivity index (χ1v) is 5.64. The quantitative estimate of drug-likeness (QED) is 0.544. The molecule has 0 nitrogen and oxygen atoms in total. The van der Waals surface area contributed by atoms with Crippen LogP contribution < -0.4 is 0 Å². The Labute approximate surface area is 74.5 Å². The van der Waals surface area contributed by atoms with Crippen LogP contribution in [0.2, 0.25) is 0 Å². The van der Waals surface area contributed by atoms with Gasteiger partial charge in [-0.3, -0.25) is 0 Å². The molecule has 0 amide bonds. The lowest BCUT2D eigenvalue weighted by Crippen LogP contribution is -2.23. The average Bonchev–Trinajstić information content (AvgIpc) is 1.96. The van der Waals surface area contributed by atoms with Gasteiger partial charge < -0.3 is 0 Å². The fraction of sp³-hybridized carbons (Fsp3) is 0.800. The van der Waals surface area contributed by atoms with Crippen LogP contribution in [-0.2, 0) is 0 Å². The second kappa shape index (κ2) is 3.66. The van der Waals surface area contributed by atoms with E-state index in [9.17, 15) is 0 Å². The fourth-order valence-electron chi connectivity index (χ4n) is 1.80. The molecule has 0 fully saturated rings. The Bertz CT molecular complexity index is 160. The normalized spacial score (nSPS) is 38.5. The molecule has 0 heterocycles. The van der Waals surface area contributed by atoms with Gasteiger partial charge in [0.2, 0.25) is 0 Å². The summed E-state index contributed by atoms with van der Waals surface area (Å²) in [7, 11) is 0. The summed E-state index contributed by atoms with van der Waals surface area (Å²) in [5.41, 5.74) is 1.58. The zero-order valence-corrected chi connectivity index (χ0v) is 8.74. The Hall–Kier alpha value is 0.0900. The third kappa shape index (κ3) is 2.02. The molecule has 0 bridgehead atoms. The zero-order valence-electron chi connectivity index (χ0n) is 7.92. The minimum Gasteiger partial charge on any atom is -0.158 e. The molecule has 0 N–H and O–H groups in total. The van der Waals surface area contributed by atoms with Crippen LogP contribution in [-0.4, -0.2) is 11.5 Å². The summed E-state index contributed by atoms with van der Waals surface area (Å²) in [5, 5.41) is 0.763. The molecular formula is C10H18S. The van der Waals surface area contributed by atoms with Crippen molar-refractivity contribution in [1.82, 2.24) is 0 Å². The standard InChI is InChI=1S/C10H18S/c1-7-5-8(2)9(3)10(6-7)11-4/h6,8-10H,5H2,1-4H3. The Morgan fingerprint density at radius 3 is 2.64 bits per heavy atom. The van der Waals surface area contributed by atoms with E-state index in [1.807, 2.05) is 11.8 Å². The van der Waals surface area contributed by atoms with E-state index in [1.54, 1.807) is 5.57 Å². The molecule has 1 aliphatic rings. The van der Waals surface area contributed by atoms with Gasteiger partial charge in [-0.25, -0.2) is 0 Å². The van der Waals surface area contributed by atoms with Gasteiger partial charge >= 0.3 is 0 Å². The van der Waals surface area contributed by atoms with E-state index in [2.05, 4.69) is 33.1 Å². The van der Waals surface area contributed by atoms with Crippen LogP contribution in [0.4, 0.5) is 0 Å². The van der Waals surface area contributed by atoms with E-state index in [1.165, 1.54) is 6.42 Å². The van der Waals surface area contributed by atoms with Crippen molar-refractivity contribution in [2.75, 3.05) is 6.26 Å². The number of rotatable bonds is 1. The van der Waals surface area contributed by atoms with E-state index in [0.29, 0.717) is 0 Å². The molecule has 0 aromatic rings. The Kier molecular flexibility index (Phi) is 3.06. The van der Waals surface area contributed by atoms with Gasteiger partial charge in [-0.1, -0.05) is 25.5 Å². The summed E-state index contributed by atoms with van der Waals surface area (Å²) < 4.78 is 0. The molecule has 0 spiro atoms. The first-order valence-electron chi connectivity index (χ1n) is 4.35. The summed E-state index contributed by atoms with van der Waals surface area (Å²) >= 11 is 1.98. The second-order valence-electron chi connectivity index (χ2n) is 3.75. The maximum atomic E-state index is 2.44. The smallest absolute Gasteiger partial charge is 0.0255 e. The first kappa shape index (κ1) is 9.18. The Morgan fingerprint density at radius 1 is 1.45 bits per heavy atom. The molecule has 11 heavy (non-hydrogen) atoms. The van der Waals surface area contributed by atoms with Gasteiger partial charge in [0.05, 0.1) is 0 Å². The predicted octanol–water partition coefficient (Wildman–Crippen LogP) is 3.34. The molecule has 64 valence electrons. The fourth-order valence-corrected chi connectivity index (χ4v) is 2.87. The van der Waals surface area contributed by atoms with Crippen LogP contribution in [0.3, 0.4) is 0 Å².